The third-order valence-corrected chi connectivity index (χ3v) is 3.19. The second-order valence-corrected chi connectivity index (χ2v) is 5.26. The van der Waals surface area contributed by atoms with Crippen molar-refractivity contribution < 1.29 is 14.7 Å². The molecule has 0 aliphatic heterocycles. The summed E-state index contributed by atoms with van der Waals surface area (Å²) in [6.07, 6.45) is 2.04. The fraction of sp³-hybridized carbons (Fsp3) is 0.333. The Balaban J connectivity index is 2.13. The summed E-state index contributed by atoms with van der Waals surface area (Å²) in [5.74, 6) is -1.33. The van der Waals surface area contributed by atoms with E-state index in [-0.39, 0.29) is 18.9 Å². The molecule has 1 atom stereocenters. The van der Waals surface area contributed by atoms with Gasteiger partial charge in [-0.2, -0.15) is 0 Å². The van der Waals surface area contributed by atoms with E-state index < -0.39 is 12.0 Å². The van der Waals surface area contributed by atoms with Crippen LogP contribution in [-0.2, 0) is 16.0 Å². The first-order valence-corrected chi connectivity index (χ1v) is 6.69. The SMILES string of the molecule is CN(C)CC(=O)N[C@H](Cc1c[nH]c2ccccc12)C(=O)O. The Bertz CT molecular complexity index is 648. The number of H-pyrrole nitrogens is 1. The lowest BCUT2D eigenvalue weighted by molar-refractivity contribution is -0.141. The molecule has 6 heteroatoms. The zero-order valence-electron chi connectivity index (χ0n) is 12.1. The maximum absolute atomic E-state index is 11.7. The molecule has 0 aliphatic rings. The molecular weight excluding hydrogens is 270 g/mol. The second kappa shape index (κ2) is 6.41. The van der Waals surface area contributed by atoms with E-state index in [1.807, 2.05) is 24.3 Å². The van der Waals surface area contributed by atoms with E-state index in [4.69, 9.17) is 0 Å². The van der Waals surface area contributed by atoms with Crippen LogP contribution in [0.5, 0.6) is 0 Å². The Hall–Kier alpha value is -2.34. The molecule has 0 fully saturated rings. The lowest BCUT2D eigenvalue weighted by atomic mass is 10.0. The van der Waals surface area contributed by atoms with Gasteiger partial charge in [-0.1, -0.05) is 18.2 Å². The van der Waals surface area contributed by atoms with Crippen molar-refractivity contribution in [2.75, 3.05) is 20.6 Å². The summed E-state index contributed by atoms with van der Waals surface area (Å²) >= 11 is 0. The molecule has 2 rings (SSSR count). The largest absolute Gasteiger partial charge is 0.480 e. The lowest BCUT2D eigenvalue weighted by Crippen LogP contribution is -2.45. The van der Waals surface area contributed by atoms with Crippen molar-refractivity contribution in [1.82, 2.24) is 15.2 Å². The van der Waals surface area contributed by atoms with Crippen LogP contribution in [0, 0.1) is 0 Å². The van der Waals surface area contributed by atoms with E-state index >= 15 is 0 Å². The fourth-order valence-electron chi connectivity index (χ4n) is 2.25. The van der Waals surface area contributed by atoms with Gasteiger partial charge in [-0.05, 0) is 25.7 Å². The summed E-state index contributed by atoms with van der Waals surface area (Å²) in [7, 11) is 3.52. The smallest absolute Gasteiger partial charge is 0.326 e. The molecule has 0 unspecified atom stereocenters. The third-order valence-electron chi connectivity index (χ3n) is 3.19. The molecule has 0 spiro atoms. The van der Waals surface area contributed by atoms with Gasteiger partial charge >= 0.3 is 5.97 Å². The number of nitrogens with zero attached hydrogens (tertiary/aromatic N) is 1. The maximum Gasteiger partial charge on any atom is 0.326 e. The van der Waals surface area contributed by atoms with Crippen LogP contribution in [0.2, 0.25) is 0 Å². The van der Waals surface area contributed by atoms with Crippen molar-refractivity contribution in [2.45, 2.75) is 12.5 Å². The average molecular weight is 289 g/mol. The number of hydrogen-bond donors (Lipinski definition) is 3. The third kappa shape index (κ3) is 3.82. The molecule has 1 aromatic carbocycles. The number of rotatable bonds is 6. The van der Waals surface area contributed by atoms with Crippen LogP contribution < -0.4 is 5.32 Å². The molecule has 112 valence electrons. The number of carboxylic acid groups (broad SMARTS) is 1. The Morgan fingerprint density at radius 1 is 1.33 bits per heavy atom. The monoisotopic (exact) mass is 289 g/mol. The molecule has 1 aromatic heterocycles. The second-order valence-electron chi connectivity index (χ2n) is 5.26. The summed E-state index contributed by atoms with van der Waals surface area (Å²) in [6.45, 7) is 0.164. The molecule has 0 saturated carbocycles. The number of amides is 1. The highest BCUT2D eigenvalue weighted by atomic mass is 16.4. The summed E-state index contributed by atoms with van der Waals surface area (Å²) in [6, 6.07) is 6.74. The number of aromatic nitrogens is 1. The first-order valence-electron chi connectivity index (χ1n) is 6.69. The van der Waals surface area contributed by atoms with Crippen molar-refractivity contribution in [3.63, 3.8) is 0 Å². The topological polar surface area (TPSA) is 85.4 Å². The molecule has 2 aromatic rings. The Labute approximate surface area is 122 Å². The molecule has 21 heavy (non-hydrogen) atoms. The van der Waals surface area contributed by atoms with E-state index in [0.717, 1.165) is 16.5 Å². The Morgan fingerprint density at radius 3 is 2.71 bits per heavy atom. The maximum atomic E-state index is 11.7. The summed E-state index contributed by atoms with van der Waals surface area (Å²) < 4.78 is 0. The van der Waals surface area contributed by atoms with Crippen molar-refractivity contribution in [1.29, 1.82) is 0 Å². The molecule has 0 bridgehead atoms. The van der Waals surface area contributed by atoms with Crippen LogP contribution in [0.15, 0.2) is 30.5 Å². The first-order chi connectivity index (χ1) is 9.97. The quantitative estimate of drug-likeness (QED) is 0.735. The first kappa shape index (κ1) is 15.1. The molecule has 3 N–H and O–H groups in total. The highest BCUT2D eigenvalue weighted by Gasteiger charge is 2.21. The van der Waals surface area contributed by atoms with Gasteiger partial charge in [0.15, 0.2) is 0 Å². The number of carbonyl (C=O) groups excluding carboxylic acids is 1. The molecule has 0 saturated heterocycles. The van der Waals surface area contributed by atoms with Crippen molar-refractivity contribution in [2.24, 2.45) is 0 Å². The Morgan fingerprint density at radius 2 is 2.05 bits per heavy atom. The van der Waals surface area contributed by atoms with Gasteiger partial charge in [-0.15, -0.1) is 0 Å². The number of hydrogen-bond acceptors (Lipinski definition) is 3. The minimum Gasteiger partial charge on any atom is -0.480 e. The highest BCUT2D eigenvalue weighted by Crippen LogP contribution is 2.19. The highest BCUT2D eigenvalue weighted by molar-refractivity contribution is 5.87. The van der Waals surface area contributed by atoms with E-state index in [1.54, 1.807) is 25.2 Å². The molecule has 1 amide bonds. The average Bonchev–Trinajstić information content (AvgIpc) is 2.80. The Kier molecular flexibility index (Phi) is 4.59. The van der Waals surface area contributed by atoms with Crippen molar-refractivity contribution in [3.8, 4) is 0 Å². The van der Waals surface area contributed by atoms with Crippen LogP contribution >= 0.6 is 0 Å². The predicted molar refractivity (Wildman–Crippen MR) is 80.1 cm³/mol. The number of carboxylic acids is 1. The lowest BCUT2D eigenvalue weighted by Gasteiger charge is -2.16. The number of carbonyl (C=O) groups is 2. The normalized spacial score (nSPS) is 12.5. The molecule has 6 nitrogen and oxygen atoms in total. The number of nitrogens with one attached hydrogen (secondary N) is 2. The van der Waals surface area contributed by atoms with Gasteiger partial charge in [0.05, 0.1) is 6.54 Å². The van der Waals surface area contributed by atoms with Crippen molar-refractivity contribution in [3.05, 3.63) is 36.0 Å². The number of benzene rings is 1. The van der Waals surface area contributed by atoms with Gasteiger partial charge in [0.25, 0.3) is 0 Å². The number of fused-ring (bicyclic) bond motifs is 1. The van der Waals surface area contributed by atoms with Gasteiger partial charge in [-0.3, -0.25) is 4.79 Å². The van der Waals surface area contributed by atoms with Crippen molar-refractivity contribution >= 4 is 22.8 Å². The van der Waals surface area contributed by atoms with E-state index in [0.29, 0.717) is 0 Å². The van der Waals surface area contributed by atoms with E-state index in [1.165, 1.54) is 0 Å². The molecule has 1 heterocycles. The number of para-hydroxylation sites is 1. The number of aliphatic carboxylic acids is 1. The summed E-state index contributed by atoms with van der Waals surface area (Å²) in [5, 5.41) is 12.8. The fourth-order valence-corrected chi connectivity index (χ4v) is 2.25. The van der Waals surface area contributed by atoms with Crippen LogP contribution in [-0.4, -0.2) is 53.5 Å². The molecular formula is C15H19N3O3. The minimum absolute atomic E-state index is 0.164. The van der Waals surface area contributed by atoms with E-state index in [2.05, 4.69) is 10.3 Å². The summed E-state index contributed by atoms with van der Waals surface area (Å²) in [5.41, 5.74) is 1.83. The zero-order valence-corrected chi connectivity index (χ0v) is 12.1. The minimum atomic E-state index is -1.03. The summed E-state index contributed by atoms with van der Waals surface area (Å²) in [4.78, 5) is 27.9. The van der Waals surface area contributed by atoms with Crippen LogP contribution in [0.4, 0.5) is 0 Å². The van der Waals surface area contributed by atoms with Gasteiger partial charge in [0, 0.05) is 23.5 Å². The van der Waals surface area contributed by atoms with Gasteiger partial charge < -0.3 is 20.3 Å². The zero-order chi connectivity index (χ0) is 15.4. The van der Waals surface area contributed by atoms with Crippen LogP contribution in [0.1, 0.15) is 5.56 Å². The van der Waals surface area contributed by atoms with Gasteiger partial charge in [0.1, 0.15) is 6.04 Å². The molecule has 0 aliphatic carbocycles. The standard InChI is InChI=1S/C15H19N3O3/c1-18(2)9-14(19)17-13(15(20)21)7-10-8-16-12-6-4-3-5-11(10)12/h3-6,8,13,16H,7,9H2,1-2H3,(H,17,19)(H,20,21)/t13-/m1/s1. The van der Waals surface area contributed by atoms with Gasteiger partial charge in [-0.25, -0.2) is 4.79 Å². The number of aromatic amines is 1. The van der Waals surface area contributed by atoms with Crippen LogP contribution in [0.3, 0.4) is 0 Å². The van der Waals surface area contributed by atoms with Gasteiger partial charge in [0.2, 0.25) is 5.91 Å². The van der Waals surface area contributed by atoms with E-state index in [9.17, 15) is 14.7 Å². The molecule has 0 radical (unpaired) electrons. The number of likely N-dealkylation sites (N-methyl/N-ethyl adjacent to an activating group) is 1. The predicted octanol–water partition coefficient (Wildman–Crippen LogP) is 0.841. The van der Waals surface area contributed by atoms with Crippen LogP contribution in [0.25, 0.3) is 10.9 Å².